The minimum Gasteiger partial charge on any atom is -0.380 e. The Morgan fingerprint density at radius 2 is 2.35 bits per heavy atom. The van der Waals surface area contributed by atoms with Crippen LogP contribution in [0.2, 0.25) is 5.02 Å². The maximum absolute atomic E-state index is 12.5. The molecule has 0 spiro atoms. The number of ether oxygens (including phenoxy) is 3. The number of halogens is 1. The molecule has 2 rings (SSSR count). The van der Waals surface area contributed by atoms with Gasteiger partial charge in [0.25, 0.3) is 0 Å². The molecule has 0 aliphatic carbocycles. The lowest BCUT2D eigenvalue weighted by atomic mass is 10.2. The van der Waals surface area contributed by atoms with Crippen LogP contribution >= 0.6 is 11.6 Å². The number of methoxy groups -OCH3 is 1. The fourth-order valence-electron chi connectivity index (χ4n) is 2.41. The number of carbonyl (C=O) groups is 1. The molecule has 0 aromatic heterocycles. The maximum atomic E-state index is 12.5. The van der Waals surface area contributed by atoms with Crippen molar-refractivity contribution in [1.82, 2.24) is 4.90 Å². The number of carbonyl (C=O) groups excluding carboxylic acids is 1. The average molecular weight is 343 g/mol. The van der Waals surface area contributed by atoms with Crippen LogP contribution in [0.1, 0.15) is 12.5 Å². The fraction of sp³-hybridized carbons (Fsp3) is 0.562. The lowest BCUT2D eigenvalue weighted by Crippen LogP contribution is -2.48. The second kappa shape index (κ2) is 9.08. The molecule has 23 heavy (non-hydrogen) atoms. The first-order valence-electron chi connectivity index (χ1n) is 7.66. The van der Waals surface area contributed by atoms with Crippen molar-refractivity contribution in [1.29, 1.82) is 0 Å². The minimum atomic E-state index is -0.158. The van der Waals surface area contributed by atoms with E-state index in [1.165, 1.54) is 0 Å². The molecule has 1 aliphatic heterocycles. The van der Waals surface area contributed by atoms with Gasteiger partial charge in [-0.2, -0.15) is 0 Å². The summed E-state index contributed by atoms with van der Waals surface area (Å²) in [5.74, 6) is 0. The molecule has 1 atom stereocenters. The molecule has 0 bridgehead atoms. The quantitative estimate of drug-likeness (QED) is 0.863. The third-order valence-electron chi connectivity index (χ3n) is 3.54. The second-order valence-corrected chi connectivity index (χ2v) is 5.70. The zero-order valence-electron chi connectivity index (χ0n) is 13.5. The largest absolute Gasteiger partial charge is 0.380 e. The first-order chi connectivity index (χ1) is 11.1. The number of hydrogen-bond donors (Lipinski definition) is 1. The van der Waals surface area contributed by atoms with Crippen LogP contribution in [0.4, 0.5) is 10.5 Å². The van der Waals surface area contributed by atoms with E-state index in [1.54, 1.807) is 30.2 Å². The summed E-state index contributed by atoms with van der Waals surface area (Å²) in [7, 11) is 1.60. The number of nitrogens with one attached hydrogen (secondary N) is 1. The summed E-state index contributed by atoms with van der Waals surface area (Å²) in [6, 6.07) is 5.16. The molecule has 1 fully saturated rings. The van der Waals surface area contributed by atoms with Gasteiger partial charge in [-0.15, -0.1) is 0 Å². The van der Waals surface area contributed by atoms with Crippen LogP contribution < -0.4 is 5.32 Å². The van der Waals surface area contributed by atoms with Crippen molar-refractivity contribution >= 4 is 23.3 Å². The summed E-state index contributed by atoms with van der Waals surface area (Å²) < 4.78 is 16.1. The van der Waals surface area contributed by atoms with Gasteiger partial charge in [0.2, 0.25) is 0 Å². The van der Waals surface area contributed by atoms with Crippen LogP contribution in [0.3, 0.4) is 0 Å². The number of nitrogens with zero attached hydrogens (tertiary/aromatic N) is 1. The van der Waals surface area contributed by atoms with Crippen molar-refractivity contribution in [3.63, 3.8) is 0 Å². The summed E-state index contributed by atoms with van der Waals surface area (Å²) >= 11 is 6.00. The Balaban J connectivity index is 1.98. The van der Waals surface area contributed by atoms with E-state index in [-0.39, 0.29) is 12.1 Å². The predicted molar refractivity (Wildman–Crippen MR) is 89.0 cm³/mol. The van der Waals surface area contributed by atoms with Gasteiger partial charge in [0.05, 0.1) is 32.5 Å². The van der Waals surface area contributed by atoms with E-state index in [0.29, 0.717) is 50.2 Å². The molecule has 1 aliphatic rings. The van der Waals surface area contributed by atoms with Crippen molar-refractivity contribution in [3.8, 4) is 0 Å². The van der Waals surface area contributed by atoms with Gasteiger partial charge in [0.1, 0.15) is 0 Å². The smallest absolute Gasteiger partial charge is 0.322 e. The lowest BCUT2D eigenvalue weighted by Gasteiger charge is -2.33. The number of rotatable bonds is 6. The lowest BCUT2D eigenvalue weighted by molar-refractivity contribution is -0.0555. The van der Waals surface area contributed by atoms with Crippen LogP contribution in [0.15, 0.2) is 18.2 Å². The molecule has 1 N–H and O–H groups in total. The molecule has 0 radical (unpaired) electrons. The molecule has 1 aromatic rings. The highest BCUT2D eigenvalue weighted by Gasteiger charge is 2.24. The highest BCUT2D eigenvalue weighted by Crippen LogP contribution is 2.22. The average Bonchev–Trinajstić information content (AvgIpc) is 2.56. The molecular formula is C16H23ClN2O4. The van der Waals surface area contributed by atoms with E-state index in [2.05, 4.69) is 5.32 Å². The van der Waals surface area contributed by atoms with Gasteiger partial charge in [-0.25, -0.2) is 4.79 Å². The van der Waals surface area contributed by atoms with Crippen molar-refractivity contribution in [3.05, 3.63) is 28.8 Å². The summed E-state index contributed by atoms with van der Waals surface area (Å²) in [6.45, 7) is 5.03. The number of hydrogen-bond acceptors (Lipinski definition) is 4. The Hall–Kier alpha value is -1.34. The van der Waals surface area contributed by atoms with Crippen LogP contribution in [0.5, 0.6) is 0 Å². The third kappa shape index (κ3) is 5.35. The second-order valence-electron chi connectivity index (χ2n) is 5.26. The Morgan fingerprint density at radius 1 is 1.52 bits per heavy atom. The third-order valence-corrected chi connectivity index (χ3v) is 3.78. The Bertz CT molecular complexity index is 527. The van der Waals surface area contributed by atoms with Gasteiger partial charge in [0, 0.05) is 36.5 Å². The fourth-order valence-corrected chi connectivity index (χ4v) is 2.60. The Labute approximate surface area is 141 Å². The topological polar surface area (TPSA) is 60.0 Å². The molecule has 6 nitrogen and oxygen atoms in total. The number of urea groups is 1. The molecule has 0 saturated carbocycles. The summed E-state index contributed by atoms with van der Waals surface area (Å²) in [6.07, 6.45) is -0.0851. The first kappa shape index (κ1) is 18.0. The van der Waals surface area contributed by atoms with Gasteiger partial charge in [-0.1, -0.05) is 11.6 Å². The molecule has 1 heterocycles. The number of benzene rings is 1. The molecular weight excluding hydrogens is 320 g/mol. The molecule has 1 aromatic carbocycles. The maximum Gasteiger partial charge on any atom is 0.322 e. The van der Waals surface area contributed by atoms with Crippen LogP contribution in [0, 0.1) is 0 Å². The highest BCUT2D eigenvalue weighted by atomic mass is 35.5. The summed E-state index contributed by atoms with van der Waals surface area (Å²) in [4.78, 5) is 14.2. The molecule has 7 heteroatoms. The van der Waals surface area contributed by atoms with E-state index >= 15 is 0 Å². The van der Waals surface area contributed by atoms with E-state index in [1.807, 2.05) is 6.92 Å². The standard InChI is InChI=1S/C16H23ClN2O4/c1-3-22-11-14-9-19(6-7-23-14)16(20)18-15-5-4-13(17)8-12(15)10-21-2/h4-5,8,14H,3,6-7,9-11H2,1-2H3,(H,18,20). The summed E-state index contributed by atoms with van der Waals surface area (Å²) in [5, 5.41) is 3.53. The van der Waals surface area contributed by atoms with Gasteiger partial charge >= 0.3 is 6.03 Å². The molecule has 1 unspecified atom stereocenters. The summed E-state index contributed by atoms with van der Waals surface area (Å²) in [5.41, 5.74) is 1.54. The van der Waals surface area contributed by atoms with Gasteiger partial charge < -0.3 is 24.4 Å². The minimum absolute atomic E-state index is 0.0851. The zero-order valence-corrected chi connectivity index (χ0v) is 14.3. The number of morpholine rings is 1. The van der Waals surface area contributed by atoms with Crippen molar-refractivity contribution in [2.24, 2.45) is 0 Å². The van der Waals surface area contributed by atoms with E-state index < -0.39 is 0 Å². The van der Waals surface area contributed by atoms with Crippen molar-refractivity contribution in [2.45, 2.75) is 19.6 Å². The Kier molecular flexibility index (Phi) is 7.11. The SMILES string of the molecule is CCOCC1CN(C(=O)Nc2ccc(Cl)cc2COC)CCO1. The monoisotopic (exact) mass is 342 g/mol. The van der Waals surface area contributed by atoms with E-state index in [4.69, 9.17) is 25.8 Å². The predicted octanol–water partition coefficient (Wildman–Crippen LogP) is 2.76. The van der Waals surface area contributed by atoms with Crippen molar-refractivity contribution in [2.75, 3.05) is 45.3 Å². The molecule has 1 saturated heterocycles. The van der Waals surface area contributed by atoms with Crippen LogP contribution in [0.25, 0.3) is 0 Å². The van der Waals surface area contributed by atoms with E-state index in [0.717, 1.165) is 5.56 Å². The normalized spacial score (nSPS) is 18.0. The van der Waals surface area contributed by atoms with Gasteiger partial charge in [-0.05, 0) is 25.1 Å². The number of anilines is 1. The first-order valence-corrected chi connectivity index (χ1v) is 8.04. The van der Waals surface area contributed by atoms with E-state index in [9.17, 15) is 4.79 Å². The van der Waals surface area contributed by atoms with Crippen LogP contribution in [-0.4, -0.2) is 57.1 Å². The van der Waals surface area contributed by atoms with Gasteiger partial charge in [-0.3, -0.25) is 0 Å². The number of amides is 2. The molecule has 2 amide bonds. The van der Waals surface area contributed by atoms with Crippen LogP contribution in [-0.2, 0) is 20.8 Å². The van der Waals surface area contributed by atoms with Gasteiger partial charge in [0.15, 0.2) is 0 Å². The Morgan fingerprint density at radius 3 is 3.09 bits per heavy atom. The molecule has 128 valence electrons. The highest BCUT2D eigenvalue weighted by molar-refractivity contribution is 6.30. The van der Waals surface area contributed by atoms with Crippen molar-refractivity contribution < 1.29 is 19.0 Å². The zero-order chi connectivity index (χ0) is 16.7.